The third kappa shape index (κ3) is 2.76. The molecule has 2 aromatic carbocycles. The van der Waals surface area contributed by atoms with Crippen molar-refractivity contribution in [3.8, 4) is 22.6 Å². The summed E-state index contributed by atoms with van der Waals surface area (Å²) in [4.78, 5) is 19.8. The minimum atomic E-state index is -0.109. The van der Waals surface area contributed by atoms with Crippen LogP contribution in [0.4, 0.5) is 0 Å². The van der Waals surface area contributed by atoms with Crippen molar-refractivity contribution in [2.24, 2.45) is 0 Å². The molecule has 0 aliphatic heterocycles. The van der Waals surface area contributed by atoms with Crippen molar-refractivity contribution >= 4 is 22.6 Å². The normalized spacial score (nSPS) is 10.6. The maximum Gasteiger partial charge on any atom is 0.265 e. The lowest BCUT2D eigenvalue weighted by atomic mass is 10.1. The molecule has 0 unspecified atom stereocenters. The van der Waals surface area contributed by atoms with E-state index < -0.39 is 0 Å². The summed E-state index contributed by atoms with van der Waals surface area (Å²) < 4.78 is 0.608. The van der Waals surface area contributed by atoms with E-state index >= 15 is 0 Å². The first-order valence-corrected chi connectivity index (χ1v) is 7.66. The lowest BCUT2D eigenvalue weighted by Gasteiger charge is -2.09. The van der Waals surface area contributed by atoms with Crippen molar-refractivity contribution in [1.29, 1.82) is 0 Å². The largest absolute Gasteiger partial charge is 0.306 e. The van der Waals surface area contributed by atoms with E-state index in [9.17, 15) is 4.79 Å². The quantitative estimate of drug-likeness (QED) is 0.675. The van der Waals surface area contributed by atoms with Gasteiger partial charge in [-0.25, -0.2) is 4.98 Å². The molecule has 0 aliphatic carbocycles. The standard InChI is InChI=1S/C17H13IN2O/c1-11-7-5-6-10-13(11)16-19-15(14(18)17(21)20-16)12-8-3-2-4-9-12/h2-10H,1H3,(H,19,20,21). The Balaban J connectivity index is 2.24. The van der Waals surface area contributed by atoms with Gasteiger partial charge in [-0.1, -0.05) is 54.6 Å². The fraction of sp³-hybridized carbons (Fsp3) is 0.0588. The molecule has 3 aromatic rings. The molecule has 0 aliphatic rings. The highest BCUT2D eigenvalue weighted by molar-refractivity contribution is 14.1. The van der Waals surface area contributed by atoms with E-state index in [1.165, 1.54) is 0 Å². The Morgan fingerprint density at radius 1 is 1.00 bits per heavy atom. The van der Waals surface area contributed by atoms with E-state index in [0.29, 0.717) is 9.39 Å². The molecule has 4 heteroatoms. The Hall–Kier alpha value is -1.95. The van der Waals surface area contributed by atoms with Crippen LogP contribution in [0.25, 0.3) is 22.6 Å². The average Bonchev–Trinajstić information content (AvgIpc) is 2.51. The van der Waals surface area contributed by atoms with Crippen molar-refractivity contribution in [2.45, 2.75) is 6.92 Å². The molecule has 0 saturated carbocycles. The van der Waals surface area contributed by atoms with Crippen LogP contribution < -0.4 is 5.56 Å². The first-order chi connectivity index (χ1) is 10.2. The topological polar surface area (TPSA) is 45.8 Å². The second kappa shape index (κ2) is 5.81. The van der Waals surface area contributed by atoms with Crippen LogP contribution in [0.15, 0.2) is 59.4 Å². The number of hydrogen-bond acceptors (Lipinski definition) is 2. The van der Waals surface area contributed by atoms with E-state index in [0.717, 1.165) is 22.4 Å². The number of nitrogens with zero attached hydrogens (tertiary/aromatic N) is 1. The second-order valence-electron chi connectivity index (χ2n) is 4.76. The molecular formula is C17H13IN2O. The smallest absolute Gasteiger partial charge is 0.265 e. The monoisotopic (exact) mass is 388 g/mol. The number of aromatic amines is 1. The number of halogens is 1. The maximum absolute atomic E-state index is 12.2. The lowest BCUT2D eigenvalue weighted by Crippen LogP contribution is -2.14. The van der Waals surface area contributed by atoms with E-state index in [1.807, 2.05) is 84.1 Å². The highest BCUT2D eigenvalue weighted by Gasteiger charge is 2.12. The summed E-state index contributed by atoms with van der Waals surface area (Å²) in [5.74, 6) is 0.609. The molecule has 0 bridgehead atoms. The Morgan fingerprint density at radius 2 is 1.67 bits per heavy atom. The maximum atomic E-state index is 12.2. The fourth-order valence-electron chi connectivity index (χ4n) is 2.21. The summed E-state index contributed by atoms with van der Waals surface area (Å²) in [7, 11) is 0. The van der Waals surface area contributed by atoms with Gasteiger partial charge in [0, 0.05) is 11.1 Å². The van der Waals surface area contributed by atoms with Crippen LogP contribution in [0, 0.1) is 10.5 Å². The molecule has 3 nitrogen and oxygen atoms in total. The number of H-pyrrole nitrogens is 1. The Bertz CT molecular complexity index is 841. The van der Waals surface area contributed by atoms with Crippen LogP contribution in [0.1, 0.15) is 5.56 Å². The van der Waals surface area contributed by atoms with Crippen LogP contribution in [0.2, 0.25) is 0 Å². The third-order valence-electron chi connectivity index (χ3n) is 3.31. The average molecular weight is 388 g/mol. The molecule has 0 amide bonds. The van der Waals surface area contributed by atoms with Gasteiger partial charge < -0.3 is 4.98 Å². The molecule has 1 heterocycles. The van der Waals surface area contributed by atoms with Gasteiger partial charge in [-0.3, -0.25) is 4.79 Å². The third-order valence-corrected chi connectivity index (χ3v) is 4.31. The molecule has 0 spiro atoms. The lowest BCUT2D eigenvalue weighted by molar-refractivity contribution is 1.11. The van der Waals surface area contributed by atoms with Crippen molar-refractivity contribution in [3.63, 3.8) is 0 Å². The van der Waals surface area contributed by atoms with Gasteiger partial charge in [0.05, 0.1) is 5.69 Å². The van der Waals surface area contributed by atoms with Crippen LogP contribution in [-0.4, -0.2) is 9.97 Å². The first kappa shape index (κ1) is 14.0. The predicted octanol–water partition coefficient (Wildman–Crippen LogP) is 4.02. The zero-order chi connectivity index (χ0) is 14.8. The summed E-state index contributed by atoms with van der Waals surface area (Å²) in [5.41, 5.74) is 3.59. The Morgan fingerprint density at radius 3 is 2.38 bits per heavy atom. The zero-order valence-corrected chi connectivity index (χ0v) is 13.6. The van der Waals surface area contributed by atoms with Crippen molar-refractivity contribution in [1.82, 2.24) is 9.97 Å². The van der Waals surface area contributed by atoms with Gasteiger partial charge in [0.15, 0.2) is 0 Å². The number of aromatic nitrogens is 2. The first-order valence-electron chi connectivity index (χ1n) is 6.58. The van der Waals surface area contributed by atoms with E-state index in [-0.39, 0.29) is 5.56 Å². The molecule has 0 fully saturated rings. The summed E-state index contributed by atoms with van der Waals surface area (Å²) in [5, 5.41) is 0. The van der Waals surface area contributed by atoms with Gasteiger partial charge >= 0.3 is 0 Å². The van der Waals surface area contributed by atoms with E-state index in [4.69, 9.17) is 0 Å². The molecule has 0 saturated heterocycles. The SMILES string of the molecule is Cc1ccccc1-c1nc(-c2ccccc2)c(I)c(=O)[nH]1. The van der Waals surface area contributed by atoms with E-state index in [1.54, 1.807) is 0 Å². The molecule has 0 radical (unpaired) electrons. The molecule has 104 valence electrons. The van der Waals surface area contributed by atoms with Gasteiger partial charge in [-0.15, -0.1) is 0 Å². The summed E-state index contributed by atoms with van der Waals surface area (Å²) >= 11 is 2.05. The minimum Gasteiger partial charge on any atom is -0.306 e. The molecule has 1 aromatic heterocycles. The van der Waals surface area contributed by atoms with Gasteiger partial charge in [0.1, 0.15) is 9.39 Å². The molecule has 1 N–H and O–H groups in total. The summed E-state index contributed by atoms with van der Waals surface area (Å²) in [6.45, 7) is 2.01. The van der Waals surface area contributed by atoms with Crippen LogP contribution in [0.5, 0.6) is 0 Å². The van der Waals surface area contributed by atoms with Crippen LogP contribution in [0.3, 0.4) is 0 Å². The predicted molar refractivity (Wildman–Crippen MR) is 93.2 cm³/mol. The zero-order valence-electron chi connectivity index (χ0n) is 11.4. The van der Waals surface area contributed by atoms with Gasteiger partial charge in [0.25, 0.3) is 5.56 Å². The van der Waals surface area contributed by atoms with E-state index in [2.05, 4.69) is 9.97 Å². The second-order valence-corrected chi connectivity index (χ2v) is 5.84. The number of aryl methyl sites for hydroxylation is 1. The summed E-state index contributed by atoms with van der Waals surface area (Å²) in [6.07, 6.45) is 0. The molecule has 21 heavy (non-hydrogen) atoms. The minimum absolute atomic E-state index is 0.109. The highest BCUT2D eigenvalue weighted by Crippen LogP contribution is 2.24. The summed E-state index contributed by atoms with van der Waals surface area (Å²) in [6, 6.07) is 17.7. The highest BCUT2D eigenvalue weighted by atomic mass is 127. The van der Waals surface area contributed by atoms with Crippen molar-refractivity contribution in [2.75, 3.05) is 0 Å². The van der Waals surface area contributed by atoms with Gasteiger partial charge in [-0.05, 0) is 35.1 Å². The Kier molecular flexibility index (Phi) is 3.88. The fourth-order valence-corrected chi connectivity index (χ4v) is 2.78. The van der Waals surface area contributed by atoms with Gasteiger partial charge in [0.2, 0.25) is 0 Å². The molecule has 0 atom stereocenters. The molecule has 3 rings (SSSR count). The van der Waals surface area contributed by atoms with Gasteiger partial charge in [-0.2, -0.15) is 0 Å². The number of nitrogens with one attached hydrogen (secondary N) is 1. The van der Waals surface area contributed by atoms with Crippen molar-refractivity contribution in [3.05, 3.63) is 74.1 Å². The molecular weight excluding hydrogens is 375 g/mol. The number of hydrogen-bond donors (Lipinski definition) is 1. The number of benzene rings is 2. The van der Waals surface area contributed by atoms with Crippen molar-refractivity contribution < 1.29 is 0 Å². The number of rotatable bonds is 2. The van der Waals surface area contributed by atoms with Crippen LogP contribution in [-0.2, 0) is 0 Å². The Labute approximate surface area is 136 Å². The van der Waals surface area contributed by atoms with Crippen LogP contribution >= 0.6 is 22.6 Å².